The van der Waals surface area contributed by atoms with Gasteiger partial charge in [0, 0.05) is 17.6 Å². The van der Waals surface area contributed by atoms with E-state index in [1.165, 1.54) is 0 Å². The number of benzene rings is 1. The second-order valence-corrected chi connectivity index (χ2v) is 4.68. The van der Waals surface area contributed by atoms with E-state index < -0.39 is 0 Å². The number of aromatic hydroxyl groups is 1. The summed E-state index contributed by atoms with van der Waals surface area (Å²) in [7, 11) is 0. The van der Waals surface area contributed by atoms with Gasteiger partial charge in [-0.1, -0.05) is 18.2 Å². The molecule has 1 aromatic carbocycles. The van der Waals surface area contributed by atoms with Crippen LogP contribution < -0.4 is 5.43 Å². The van der Waals surface area contributed by atoms with Crippen molar-refractivity contribution in [3.63, 3.8) is 0 Å². The number of hydrazone groups is 1. The first-order valence-corrected chi connectivity index (χ1v) is 6.83. The number of alkyl halides is 1. The molecular formula is C15H16ClN3O. The van der Waals surface area contributed by atoms with Gasteiger partial charge in [0.2, 0.25) is 0 Å². The topological polar surface area (TPSA) is 57.5 Å². The Bertz CT molecular complexity index is 600. The van der Waals surface area contributed by atoms with Crippen molar-refractivity contribution in [3.05, 3.63) is 53.3 Å². The number of hydrogen-bond acceptors (Lipinski definition) is 4. The number of anilines is 1. The molecular weight excluding hydrogens is 274 g/mol. The summed E-state index contributed by atoms with van der Waals surface area (Å²) in [4.78, 5) is 4.13. The summed E-state index contributed by atoms with van der Waals surface area (Å²) in [6.07, 6.45) is 3.95. The minimum Gasteiger partial charge on any atom is -0.505 e. The number of para-hydroxylation sites is 1. The molecule has 1 heterocycles. The van der Waals surface area contributed by atoms with Crippen molar-refractivity contribution in [2.45, 2.75) is 13.3 Å². The van der Waals surface area contributed by atoms with Crippen molar-refractivity contribution in [3.8, 4) is 5.75 Å². The van der Waals surface area contributed by atoms with Crippen molar-refractivity contribution in [2.24, 2.45) is 5.10 Å². The molecule has 2 aromatic rings. The Labute approximate surface area is 123 Å². The molecule has 0 fully saturated rings. The van der Waals surface area contributed by atoms with Crippen molar-refractivity contribution in [1.29, 1.82) is 0 Å². The minimum absolute atomic E-state index is 0.145. The molecule has 2 rings (SSSR count). The molecule has 0 spiro atoms. The van der Waals surface area contributed by atoms with E-state index in [0.29, 0.717) is 23.6 Å². The first-order chi connectivity index (χ1) is 9.72. The molecule has 0 bridgehead atoms. The number of halogens is 1. The number of aryl methyl sites for hydroxylation is 2. The fraction of sp³-hybridized carbons (Fsp3) is 0.200. The first kappa shape index (κ1) is 14.3. The lowest BCUT2D eigenvalue weighted by Crippen LogP contribution is -2.00. The van der Waals surface area contributed by atoms with Crippen LogP contribution >= 0.6 is 11.6 Å². The Hall–Kier alpha value is -2.07. The van der Waals surface area contributed by atoms with Gasteiger partial charge in [0.05, 0.1) is 17.6 Å². The molecule has 20 heavy (non-hydrogen) atoms. The van der Waals surface area contributed by atoms with E-state index in [0.717, 1.165) is 11.3 Å². The molecule has 0 radical (unpaired) electrons. The maximum atomic E-state index is 10.1. The molecule has 0 saturated carbocycles. The SMILES string of the molecule is Cc1ncc(CCCl)c(/C=N/Nc2ccccc2)c1O. The highest BCUT2D eigenvalue weighted by Crippen LogP contribution is 2.22. The lowest BCUT2D eigenvalue weighted by atomic mass is 10.1. The molecule has 2 N–H and O–H groups in total. The third-order valence-electron chi connectivity index (χ3n) is 2.88. The third-order valence-corrected chi connectivity index (χ3v) is 3.07. The smallest absolute Gasteiger partial charge is 0.145 e. The maximum Gasteiger partial charge on any atom is 0.145 e. The Kier molecular flexibility index (Phi) is 4.96. The van der Waals surface area contributed by atoms with Crippen LogP contribution in [0.5, 0.6) is 5.75 Å². The van der Waals surface area contributed by atoms with Crippen LogP contribution in [0.2, 0.25) is 0 Å². The number of pyridine rings is 1. The lowest BCUT2D eigenvalue weighted by molar-refractivity contribution is 0.466. The molecule has 0 atom stereocenters. The van der Waals surface area contributed by atoms with Gasteiger partial charge in [-0.05, 0) is 31.0 Å². The van der Waals surface area contributed by atoms with Crippen LogP contribution in [-0.4, -0.2) is 22.2 Å². The Morgan fingerprint density at radius 2 is 2.10 bits per heavy atom. The van der Waals surface area contributed by atoms with Gasteiger partial charge in [-0.2, -0.15) is 5.10 Å². The molecule has 104 valence electrons. The normalized spacial score (nSPS) is 10.9. The summed E-state index contributed by atoms with van der Waals surface area (Å²) in [5.74, 6) is 0.614. The largest absolute Gasteiger partial charge is 0.505 e. The van der Waals surface area contributed by atoms with Crippen LogP contribution in [0.1, 0.15) is 16.8 Å². The third kappa shape index (κ3) is 3.48. The van der Waals surface area contributed by atoms with Gasteiger partial charge in [-0.3, -0.25) is 10.4 Å². The number of nitrogens with zero attached hydrogens (tertiary/aromatic N) is 2. The zero-order valence-electron chi connectivity index (χ0n) is 11.2. The summed E-state index contributed by atoms with van der Waals surface area (Å²) in [5.41, 5.74) is 5.90. The molecule has 1 aromatic heterocycles. The zero-order chi connectivity index (χ0) is 14.4. The molecule has 5 heteroatoms. The van der Waals surface area contributed by atoms with Crippen molar-refractivity contribution in [1.82, 2.24) is 4.98 Å². The molecule has 0 amide bonds. The minimum atomic E-state index is 0.145. The van der Waals surface area contributed by atoms with Crippen LogP contribution in [0.3, 0.4) is 0 Å². The number of rotatable bonds is 5. The van der Waals surface area contributed by atoms with E-state index in [9.17, 15) is 5.11 Å². The zero-order valence-corrected chi connectivity index (χ0v) is 11.9. The van der Waals surface area contributed by atoms with E-state index in [-0.39, 0.29) is 5.75 Å². The van der Waals surface area contributed by atoms with Crippen molar-refractivity contribution >= 4 is 23.5 Å². The molecule has 0 unspecified atom stereocenters. The van der Waals surface area contributed by atoms with Crippen molar-refractivity contribution < 1.29 is 5.11 Å². The van der Waals surface area contributed by atoms with E-state index >= 15 is 0 Å². The quantitative estimate of drug-likeness (QED) is 0.504. The lowest BCUT2D eigenvalue weighted by Gasteiger charge is -2.08. The average Bonchev–Trinajstić information content (AvgIpc) is 2.47. The number of nitrogens with one attached hydrogen (secondary N) is 1. The molecule has 0 aliphatic carbocycles. The monoisotopic (exact) mass is 289 g/mol. The van der Waals surface area contributed by atoms with Gasteiger partial charge in [-0.25, -0.2) is 0 Å². The average molecular weight is 290 g/mol. The predicted molar refractivity (Wildman–Crippen MR) is 82.7 cm³/mol. The molecule has 0 aliphatic rings. The fourth-order valence-electron chi connectivity index (χ4n) is 1.78. The van der Waals surface area contributed by atoms with E-state index in [1.807, 2.05) is 30.3 Å². The van der Waals surface area contributed by atoms with E-state index in [2.05, 4.69) is 15.5 Å². The van der Waals surface area contributed by atoms with Crippen LogP contribution in [-0.2, 0) is 6.42 Å². The Balaban J connectivity index is 2.21. The maximum absolute atomic E-state index is 10.1. The van der Waals surface area contributed by atoms with Crippen LogP contribution in [0.4, 0.5) is 5.69 Å². The van der Waals surface area contributed by atoms with Gasteiger partial charge in [-0.15, -0.1) is 11.6 Å². The van der Waals surface area contributed by atoms with Gasteiger partial charge in [0.15, 0.2) is 0 Å². The Morgan fingerprint density at radius 3 is 2.80 bits per heavy atom. The van der Waals surface area contributed by atoms with E-state index in [1.54, 1.807) is 19.3 Å². The summed E-state index contributed by atoms with van der Waals surface area (Å²) in [6, 6.07) is 9.60. The summed E-state index contributed by atoms with van der Waals surface area (Å²) in [6.45, 7) is 1.75. The second-order valence-electron chi connectivity index (χ2n) is 4.31. The highest BCUT2D eigenvalue weighted by atomic mass is 35.5. The second kappa shape index (κ2) is 6.91. The van der Waals surface area contributed by atoms with E-state index in [4.69, 9.17) is 11.6 Å². The Morgan fingerprint density at radius 1 is 1.35 bits per heavy atom. The van der Waals surface area contributed by atoms with Gasteiger partial charge in [0.25, 0.3) is 0 Å². The van der Waals surface area contributed by atoms with Crippen LogP contribution in [0.15, 0.2) is 41.6 Å². The molecule has 0 aliphatic heterocycles. The fourth-order valence-corrected chi connectivity index (χ4v) is 1.99. The van der Waals surface area contributed by atoms with Gasteiger partial charge < -0.3 is 5.11 Å². The number of hydrogen-bond donors (Lipinski definition) is 2. The highest BCUT2D eigenvalue weighted by molar-refractivity contribution is 6.18. The van der Waals surface area contributed by atoms with Gasteiger partial charge >= 0.3 is 0 Å². The molecule has 4 nitrogen and oxygen atoms in total. The predicted octanol–water partition coefficient (Wildman–Crippen LogP) is 3.32. The standard InChI is InChI=1S/C15H16ClN3O/c1-11-15(20)14(12(7-8-16)9-17-11)10-18-19-13-5-3-2-4-6-13/h2-6,9-10,19-20H,7-8H2,1H3/b18-10+. The summed E-state index contributed by atoms with van der Waals surface area (Å²) < 4.78 is 0. The van der Waals surface area contributed by atoms with Crippen LogP contribution in [0.25, 0.3) is 0 Å². The van der Waals surface area contributed by atoms with Crippen LogP contribution in [0, 0.1) is 6.92 Å². The number of aromatic nitrogens is 1. The molecule has 0 saturated heterocycles. The summed E-state index contributed by atoms with van der Waals surface area (Å²) in [5, 5.41) is 14.2. The summed E-state index contributed by atoms with van der Waals surface area (Å²) >= 11 is 5.76. The highest BCUT2D eigenvalue weighted by Gasteiger charge is 2.09. The van der Waals surface area contributed by atoms with Gasteiger partial charge in [0.1, 0.15) is 5.75 Å². The first-order valence-electron chi connectivity index (χ1n) is 6.30. The van der Waals surface area contributed by atoms with Crippen molar-refractivity contribution in [2.75, 3.05) is 11.3 Å².